The molecule has 2 unspecified atom stereocenters. The van der Waals surface area contributed by atoms with Gasteiger partial charge >= 0.3 is 0 Å². The predicted molar refractivity (Wildman–Crippen MR) is 77.4 cm³/mol. The second kappa shape index (κ2) is 4.94. The van der Waals surface area contributed by atoms with Crippen molar-refractivity contribution in [3.63, 3.8) is 0 Å². The number of para-hydroxylation sites is 1. The summed E-state index contributed by atoms with van der Waals surface area (Å²) in [6.45, 7) is 0. The minimum absolute atomic E-state index is 0.656. The zero-order valence-electron chi connectivity index (χ0n) is 10.7. The number of halogens is 1. The summed E-state index contributed by atoms with van der Waals surface area (Å²) in [6, 6.07) is 6.82. The molecule has 0 saturated heterocycles. The number of hydrogen-bond acceptors (Lipinski definition) is 1. The minimum atomic E-state index is 0.656. The number of benzene rings is 1. The summed E-state index contributed by atoms with van der Waals surface area (Å²) >= 11 is 6.22. The SMILES string of the molecule is CNC1CCCC(c2c[nH]c3c(Cl)cccc23)C1. The molecule has 2 N–H and O–H groups in total. The molecule has 1 heterocycles. The van der Waals surface area contributed by atoms with Crippen LogP contribution in [0.15, 0.2) is 24.4 Å². The average Bonchev–Trinajstić information content (AvgIpc) is 2.84. The first-order valence-electron chi connectivity index (χ1n) is 6.72. The first kappa shape index (κ1) is 12.1. The van der Waals surface area contributed by atoms with Gasteiger partial charge in [-0.1, -0.05) is 30.2 Å². The standard InChI is InChI=1S/C15H19ClN2/c1-17-11-5-2-4-10(8-11)13-9-18-15-12(13)6-3-7-14(15)16/h3,6-7,9-11,17-18H,2,4-5,8H2,1H3. The van der Waals surface area contributed by atoms with Crippen LogP contribution in [0.3, 0.4) is 0 Å². The van der Waals surface area contributed by atoms with Crippen LogP contribution in [0.2, 0.25) is 5.02 Å². The van der Waals surface area contributed by atoms with E-state index in [0.717, 1.165) is 10.5 Å². The van der Waals surface area contributed by atoms with Crippen molar-refractivity contribution in [2.75, 3.05) is 7.05 Å². The summed E-state index contributed by atoms with van der Waals surface area (Å²) in [6.07, 6.45) is 7.28. The van der Waals surface area contributed by atoms with Crippen LogP contribution in [-0.2, 0) is 0 Å². The lowest BCUT2D eigenvalue weighted by atomic mass is 9.81. The number of nitrogens with one attached hydrogen (secondary N) is 2. The molecule has 0 aliphatic heterocycles. The summed E-state index contributed by atoms with van der Waals surface area (Å²) in [4.78, 5) is 3.33. The molecule has 96 valence electrons. The van der Waals surface area contributed by atoms with Crippen LogP contribution >= 0.6 is 11.6 Å². The van der Waals surface area contributed by atoms with Gasteiger partial charge in [-0.3, -0.25) is 0 Å². The number of H-pyrrole nitrogens is 1. The van der Waals surface area contributed by atoms with E-state index in [4.69, 9.17) is 11.6 Å². The van der Waals surface area contributed by atoms with Crippen molar-refractivity contribution in [3.8, 4) is 0 Å². The minimum Gasteiger partial charge on any atom is -0.360 e. The molecule has 1 saturated carbocycles. The smallest absolute Gasteiger partial charge is 0.0647 e. The molecule has 3 rings (SSSR count). The first-order chi connectivity index (χ1) is 8.79. The van der Waals surface area contributed by atoms with Crippen LogP contribution in [0.25, 0.3) is 10.9 Å². The molecule has 3 heteroatoms. The van der Waals surface area contributed by atoms with Crippen molar-refractivity contribution >= 4 is 22.5 Å². The second-order valence-corrected chi connectivity index (χ2v) is 5.66. The molecule has 0 radical (unpaired) electrons. The number of aromatic amines is 1. The maximum atomic E-state index is 6.22. The second-order valence-electron chi connectivity index (χ2n) is 5.26. The van der Waals surface area contributed by atoms with Gasteiger partial charge in [0.15, 0.2) is 0 Å². The highest BCUT2D eigenvalue weighted by Crippen LogP contribution is 2.37. The molecule has 18 heavy (non-hydrogen) atoms. The highest BCUT2D eigenvalue weighted by molar-refractivity contribution is 6.35. The average molecular weight is 263 g/mol. The molecular formula is C15H19ClN2. The van der Waals surface area contributed by atoms with E-state index >= 15 is 0 Å². The molecule has 2 nitrogen and oxygen atoms in total. The molecule has 2 aromatic rings. The van der Waals surface area contributed by atoms with E-state index in [9.17, 15) is 0 Å². The van der Waals surface area contributed by atoms with Crippen molar-refractivity contribution in [2.24, 2.45) is 0 Å². The number of hydrogen-bond donors (Lipinski definition) is 2. The Bertz CT molecular complexity index is 546. The quantitative estimate of drug-likeness (QED) is 0.839. The van der Waals surface area contributed by atoms with Gasteiger partial charge in [-0.25, -0.2) is 0 Å². The maximum absolute atomic E-state index is 6.22. The lowest BCUT2D eigenvalue weighted by molar-refractivity contribution is 0.356. The van der Waals surface area contributed by atoms with E-state index < -0.39 is 0 Å². The Balaban J connectivity index is 1.96. The maximum Gasteiger partial charge on any atom is 0.0647 e. The van der Waals surface area contributed by atoms with Gasteiger partial charge in [-0.2, -0.15) is 0 Å². The molecule has 0 spiro atoms. The van der Waals surface area contributed by atoms with Gasteiger partial charge in [-0.05, 0) is 43.9 Å². The normalized spacial score (nSPS) is 24.6. The number of aromatic nitrogens is 1. The van der Waals surface area contributed by atoms with E-state index in [2.05, 4.69) is 29.6 Å². The summed E-state index contributed by atoms with van der Waals surface area (Å²) in [7, 11) is 2.07. The van der Waals surface area contributed by atoms with E-state index in [-0.39, 0.29) is 0 Å². The van der Waals surface area contributed by atoms with Crippen LogP contribution in [0.5, 0.6) is 0 Å². The molecular weight excluding hydrogens is 244 g/mol. The molecule has 1 aromatic heterocycles. The lowest BCUT2D eigenvalue weighted by Crippen LogP contribution is -2.30. The molecule has 1 aliphatic rings. The van der Waals surface area contributed by atoms with Gasteiger partial charge in [0.2, 0.25) is 0 Å². The Morgan fingerprint density at radius 1 is 1.33 bits per heavy atom. The third kappa shape index (κ3) is 2.04. The highest BCUT2D eigenvalue weighted by atomic mass is 35.5. The fraction of sp³-hybridized carbons (Fsp3) is 0.467. The van der Waals surface area contributed by atoms with Crippen molar-refractivity contribution in [1.82, 2.24) is 10.3 Å². The fourth-order valence-corrected chi connectivity index (χ4v) is 3.44. The summed E-state index contributed by atoms with van der Waals surface area (Å²) < 4.78 is 0. The van der Waals surface area contributed by atoms with Gasteiger partial charge in [-0.15, -0.1) is 0 Å². The van der Waals surface area contributed by atoms with Crippen LogP contribution in [0.4, 0.5) is 0 Å². The predicted octanol–water partition coefficient (Wildman–Crippen LogP) is 4.07. The Morgan fingerprint density at radius 3 is 3.06 bits per heavy atom. The molecule has 0 bridgehead atoms. The third-order valence-corrected chi connectivity index (χ3v) is 4.53. The summed E-state index contributed by atoms with van der Waals surface area (Å²) in [5, 5.41) is 5.53. The molecule has 1 aliphatic carbocycles. The van der Waals surface area contributed by atoms with Gasteiger partial charge in [0.05, 0.1) is 10.5 Å². The number of rotatable bonds is 2. The Kier molecular flexibility index (Phi) is 3.31. The van der Waals surface area contributed by atoms with E-state index in [0.29, 0.717) is 12.0 Å². The summed E-state index contributed by atoms with van der Waals surface area (Å²) in [5.74, 6) is 0.656. The van der Waals surface area contributed by atoms with E-state index in [1.165, 1.54) is 36.6 Å². The van der Waals surface area contributed by atoms with Crippen molar-refractivity contribution in [3.05, 3.63) is 35.0 Å². The zero-order valence-corrected chi connectivity index (χ0v) is 11.4. The highest BCUT2D eigenvalue weighted by Gasteiger charge is 2.24. The Hall–Kier alpha value is -0.990. The van der Waals surface area contributed by atoms with E-state index in [1.807, 2.05) is 12.1 Å². The van der Waals surface area contributed by atoms with Crippen molar-refractivity contribution < 1.29 is 0 Å². The topological polar surface area (TPSA) is 27.8 Å². The third-order valence-electron chi connectivity index (χ3n) is 4.22. The monoisotopic (exact) mass is 262 g/mol. The van der Waals surface area contributed by atoms with Gasteiger partial charge in [0.25, 0.3) is 0 Å². The van der Waals surface area contributed by atoms with Gasteiger partial charge in [0.1, 0.15) is 0 Å². The van der Waals surface area contributed by atoms with E-state index in [1.54, 1.807) is 0 Å². The molecule has 0 amide bonds. The molecule has 1 fully saturated rings. The Labute approximate surface area is 113 Å². The van der Waals surface area contributed by atoms with Crippen molar-refractivity contribution in [2.45, 2.75) is 37.6 Å². The summed E-state index contributed by atoms with van der Waals surface area (Å²) in [5.41, 5.74) is 2.52. The van der Waals surface area contributed by atoms with Gasteiger partial charge < -0.3 is 10.3 Å². The van der Waals surface area contributed by atoms with Crippen LogP contribution in [-0.4, -0.2) is 18.1 Å². The number of fused-ring (bicyclic) bond motifs is 1. The largest absolute Gasteiger partial charge is 0.360 e. The zero-order chi connectivity index (χ0) is 12.5. The fourth-order valence-electron chi connectivity index (χ4n) is 3.21. The lowest BCUT2D eigenvalue weighted by Gasteiger charge is -2.28. The van der Waals surface area contributed by atoms with Crippen LogP contribution in [0, 0.1) is 0 Å². The van der Waals surface area contributed by atoms with Gasteiger partial charge in [0, 0.05) is 17.6 Å². The van der Waals surface area contributed by atoms with Crippen LogP contribution < -0.4 is 5.32 Å². The molecule has 1 aromatic carbocycles. The van der Waals surface area contributed by atoms with Crippen molar-refractivity contribution in [1.29, 1.82) is 0 Å². The Morgan fingerprint density at radius 2 is 2.22 bits per heavy atom. The first-order valence-corrected chi connectivity index (χ1v) is 7.10. The van der Waals surface area contributed by atoms with Crippen LogP contribution in [0.1, 0.15) is 37.2 Å². The molecule has 2 atom stereocenters.